The van der Waals surface area contributed by atoms with E-state index in [4.69, 9.17) is 8.85 Å². The fourth-order valence-electron chi connectivity index (χ4n) is 1.65. The summed E-state index contributed by atoms with van der Waals surface area (Å²) in [6, 6.07) is 0. The second kappa shape index (κ2) is 6.92. The Hall–Kier alpha value is -0.306. The lowest BCUT2D eigenvalue weighted by Gasteiger charge is -2.24. The van der Waals surface area contributed by atoms with Gasteiger partial charge in [-0.15, -0.1) is 0 Å². The lowest BCUT2D eigenvalue weighted by atomic mass is 10.1. The van der Waals surface area contributed by atoms with Crippen molar-refractivity contribution in [1.82, 2.24) is 0 Å². The van der Waals surface area contributed by atoms with E-state index in [1.807, 2.05) is 39.3 Å². The molecule has 0 bridgehead atoms. The van der Waals surface area contributed by atoms with Gasteiger partial charge in [0.05, 0.1) is 6.42 Å². The monoisotopic (exact) mass is 304 g/mol. The van der Waals surface area contributed by atoms with E-state index in [9.17, 15) is 9.59 Å². The maximum atomic E-state index is 11.9. The highest BCUT2D eigenvalue weighted by Crippen LogP contribution is 2.12. The van der Waals surface area contributed by atoms with E-state index in [0.717, 1.165) is 0 Å². The van der Waals surface area contributed by atoms with Crippen molar-refractivity contribution >= 4 is 28.2 Å². The van der Waals surface area contributed by atoms with Crippen molar-refractivity contribution in [2.45, 2.75) is 71.8 Å². The summed E-state index contributed by atoms with van der Waals surface area (Å²) in [6.45, 7) is 15.6. The first-order chi connectivity index (χ1) is 8.32. The molecule has 0 saturated carbocycles. The summed E-state index contributed by atoms with van der Waals surface area (Å²) >= 11 is 0. The minimum absolute atomic E-state index is 0.0999. The van der Waals surface area contributed by atoms with E-state index < -0.39 is 28.8 Å². The summed E-state index contributed by atoms with van der Waals surface area (Å²) in [5, 5.41) is 0. The van der Waals surface area contributed by atoms with Crippen LogP contribution in [0.25, 0.3) is 0 Å². The van der Waals surface area contributed by atoms with Crippen molar-refractivity contribution in [3.63, 3.8) is 0 Å². The first-order valence-corrected chi connectivity index (χ1v) is 13.5. The fraction of sp³-hybridized carbons (Fsp3) is 0.846. The number of hydrogen-bond donors (Lipinski definition) is 0. The van der Waals surface area contributed by atoms with Crippen molar-refractivity contribution in [2.24, 2.45) is 0 Å². The number of carbonyl (C=O) groups is 2. The second-order valence-electron chi connectivity index (χ2n) is 6.85. The van der Waals surface area contributed by atoms with Gasteiger partial charge in [-0.1, -0.05) is 0 Å². The van der Waals surface area contributed by atoms with Crippen molar-refractivity contribution in [3.8, 4) is 0 Å². The molecule has 0 N–H and O–H groups in total. The van der Waals surface area contributed by atoms with E-state index in [1.165, 1.54) is 0 Å². The van der Waals surface area contributed by atoms with E-state index >= 15 is 0 Å². The van der Waals surface area contributed by atoms with Crippen LogP contribution in [-0.2, 0) is 18.4 Å². The molecule has 0 aromatic carbocycles. The molecular weight excluding hydrogens is 276 g/mol. The molecule has 2 atom stereocenters. The van der Waals surface area contributed by atoms with Crippen LogP contribution in [-0.4, -0.2) is 40.4 Å². The third-order valence-electron chi connectivity index (χ3n) is 2.32. The standard InChI is InChI=1S/C13H28O4Si2/c1-10(16-18(3,4)5)12(14)9-13(15)11(2)17-19(6,7)8/h10-11H,9H2,1-8H3. The summed E-state index contributed by atoms with van der Waals surface area (Å²) in [5.41, 5.74) is 0. The molecule has 0 radical (unpaired) electrons. The van der Waals surface area contributed by atoms with Crippen molar-refractivity contribution in [2.75, 3.05) is 0 Å². The summed E-state index contributed by atoms with van der Waals surface area (Å²) < 4.78 is 11.4. The van der Waals surface area contributed by atoms with E-state index in [-0.39, 0.29) is 18.0 Å². The topological polar surface area (TPSA) is 52.6 Å². The molecule has 0 aliphatic heterocycles. The van der Waals surface area contributed by atoms with Gasteiger partial charge in [0.2, 0.25) is 0 Å². The normalized spacial score (nSPS) is 16.0. The molecule has 6 heteroatoms. The zero-order valence-electron chi connectivity index (χ0n) is 13.5. The molecule has 0 amide bonds. The maximum absolute atomic E-state index is 11.9. The largest absolute Gasteiger partial charge is 0.408 e. The summed E-state index contributed by atoms with van der Waals surface area (Å²) in [4.78, 5) is 23.9. The average molecular weight is 305 g/mol. The lowest BCUT2D eigenvalue weighted by molar-refractivity contribution is -0.134. The van der Waals surface area contributed by atoms with Gasteiger partial charge < -0.3 is 8.85 Å². The molecule has 19 heavy (non-hydrogen) atoms. The van der Waals surface area contributed by atoms with Gasteiger partial charge in [0.1, 0.15) is 12.2 Å². The zero-order valence-corrected chi connectivity index (χ0v) is 15.5. The second-order valence-corrected chi connectivity index (χ2v) is 15.8. The molecule has 0 aliphatic rings. The molecule has 0 aliphatic carbocycles. The van der Waals surface area contributed by atoms with Crippen LogP contribution in [0, 0.1) is 0 Å². The summed E-state index contributed by atoms with van der Waals surface area (Å²) in [6.07, 6.45) is -1.11. The third-order valence-corrected chi connectivity index (χ3v) is 4.44. The van der Waals surface area contributed by atoms with Gasteiger partial charge in [0.15, 0.2) is 28.2 Å². The quantitative estimate of drug-likeness (QED) is 0.511. The Morgan fingerprint density at radius 1 is 0.789 bits per heavy atom. The molecule has 2 unspecified atom stereocenters. The van der Waals surface area contributed by atoms with Gasteiger partial charge in [-0.3, -0.25) is 9.59 Å². The molecule has 0 saturated heterocycles. The smallest absolute Gasteiger partial charge is 0.184 e. The van der Waals surface area contributed by atoms with Gasteiger partial charge in [-0.05, 0) is 53.1 Å². The lowest BCUT2D eigenvalue weighted by Crippen LogP contribution is -2.39. The highest BCUT2D eigenvalue weighted by molar-refractivity contribution is 6.70. The number of hydrogen-bond acceptors (Lipinski definition) is 4. The first-order valence-electron chi connectivity index (χ1n) is 6.73. The molecule has 0 aromatic heterocycles. The van der Waals surface area contributed by atoms with Gasteiger partial charge in [0, 0.05) is 0 Å². The van der Waals surface area contributed by atoms with E-state index in [0.29, 0.717) is 0 Å². The van der Waals surface area contributed by atoms with E-state index in [1.54, 1.807) is 13.8 Å². The van der Waals surface area contributed by atoms with E-state index in [2.05, 4.69) is 0 Å². The molecule has 0 rings (SSSR count). The molecule has 0 aromatic rings. The third kappa shape index (κ3) is 9.26. The van der Waals surface area contributed by atoms with Crippen LogP contribution in [0.2, 0.25) is 39.3 Å². The number of rotatable bonds is 8. The van der Waals surface area contributed by atoms with Crippen LogP contribution in [0.3, 0.4) is 0 Å². The highest BCUT2D eigenvalue weighted by atomic mass is 28.4. The fourth-order valence-corrected chi connectivity index (χ4v) is 4.04. The Morgan fingerprint density at radius 2 is 1.05 bits per heavy atom. The van der Waals surface area contributed by atoms with Gasteiger partial charge in [-0.25, -0.2) is 0 Å². The van der Waals surface area contributed by atoms with Crippen LogP contribution in [0.1, 0.15) is 20.3 Å². The van der Waals surface area contributed by atoms with Crippen LogP contribution >= 0.6 is 0 Å². The van der Waals surface area contributed by atoms with Crippen molar-refractivity contribution in [3.05, 3.63) is 0 Å². The average Bonchev–Trinajstić information content (AvgIpc) is 2.11. The van der Waals surface area contributed by atoms with Gasteiger partial charge in [-0.2, -0.15) is 0 Å². The van der Waals surface area contributed by atoms with Crippen LogP contribution in [0.15, 0.2) is 0 Å². The predicted molar refractivity (Wildman–Crippen MR) is 82.4 cm³/mol. The SMILES string of the molecule is CC(O[Si](C)(C)C)C(=O)CC(=O)C(C)O[Si](C)(C)C. The maximum Gasteiger partial charge on any atom is 0.184 e. The van der Waals surface area contributed by atoms with Crippen molar-refractivity contribution < 1.29 is 18.4 Å². The van der Waals surface area contributed by atoms with Crippen LogP contribution in [0.5, 0.6) is 0 Å². The van der Waals surface area contributed by atoms with Crippen LogP contribution < -0.4 is 0 Å². The van der Waals surface area contributed by atoms with Crippen molar-refractivity contribution in [1.29, 1.82) is 0 Å². The summed E-state index contributed by atoms with van der Waals surface area (Å²) in [7, 11) is -3.51. The van der Waals surface area contributed by atoms with Crippen LogP contribution in [0.4, 0.5) is 0 Å². The molecule has 0 heterocycles. The molecule has 4 nitrogen and oxygen atoms in total. The number of ketones is 2. The Kier molecular flexibility index (Phi) is 6.81. The Morgan fingerprint density at radius 3 is 1.26 bits per heavy atom. The molecule has 0 spiro atoms. The number of carbonyl (C=O) groups excluding carboxylic acids is 2. The zero-order chi connectivity index (χ0) is 15.4. The Labute approximate surface area is 119 Å². The highest BCUT2D eigenvalue weighted by Gasteiger charge is 2.28. The molecule has 0 fully saturated rings. The minimum Gasteiger partial charge on any atom is -0.408 e. The molecular formula is C13H28O4Si2. The Bertz CT molecular complexity index is 297. The minimum atomic E-state index is -1.76. The van der Waals surface area contributed by atoms with Gasteiger partial charge in [0.25, 0.3) is 0 Å². The predicted octanol–water partition coefficient (Wildman–Crippen LogP) is 2.99. The first kappa shape index (κ1) is 18.7. The van der Waals surface area contributed by atoms with Gasteiger partial charge >= 0.3 is 0 Å². The summed E-state index contributed by atoms with van der Waals surface area (Å²) in [5.74, 6) is -0.308. The Balaban J connectivity index is 4.37. The number of Topliss-reactive ketones (excluding diaryl/α,β-unsaturated/α-hetero) is 2. The molecule has 112 valence electrons.